The maximum absolute atomic E-state index is 4.41. The molecule has 0 amide bonds. The van der Waals surface area contributed by atoms with E-state index in [0.717, 1.165) is 0 Å². The predicted molar refractivity (Wildman–Crippen MR) is 53.6 cm³/mol. The van der Waals surface area contributed by atoms with Gasteiger partial charge in [-0.1, -0.05) is 36.4 Å². The average molecular weight is 167 g/mol. The molecule has 1 aliphatic carbocycles. The van der Waals surface area contributed by atoms with E-state index in [0.29, 0.717) is 5.92 Å². The molecule has 0 aliphatic heterocycles. The van der Waals surface area contributed by atoms with Gasteiger partial charge in [-0.05, 0) is 11.5 Å². The monoisotopic (exact) mass is 167 g/mol. The van der Waals surface area contributed by atoms with Gasteiger partial charge in [0.15, 0.2) is 0 Å². The highest BCUT2D eigenvalue weighted by Crippen LogP contribution is 2.32. The Bertz CT molecular complexity index is 474. The zero-order chi connectivity index (χ0) is 8.67. The third-order valence-electron chi connectivity index (χ3n) is 2.41. The molecule has 0 N–H and O–H groups in total. The molecule has 0 fully saturated rings. The number of hydrogen-bond donors (Lipinski definition) is 0. The zero-order valence-corrected chi connectivity index (χ0v) is 7.14. The number of benzene rings is 1. The Morgan fingerprint density at radius 1 is 1.00 bits per heavy atom. The molecule has 0 spiro atoms. The summed E-state index contributed by atoms with van der Waals surface area (Å²) in [5.41, 5.74) is 1.19. The molecule has 0 bridgehead atoms. The van der Waals surface area contributed by atoms with Crippen LogP contribution in [-0.4, -0.2) is 4.98 Å². The van der Waals surface area contributed by atoms with E-state index in [1.165, 1.54) is 16.5 Å². The van der Waals surface area contributed by atoms with Crippen molar-refractivity contribution in [3.05, 3.63) is 54.4 Å². The van der Waals surface area contributed by atoms with Crippen molar-refractivity contribution in [3.8, 4) is 0 Å². The molecule has 3 rings (SSSR count). The average Bonchev–Trinajstić information content (AvgIpc) is 3.00. The second-order valence-electron chi connectivity index (χ2n) is 3.33. The molecule has 0 atom stereocenters. The minimum Gasteiger partial charge on any atom is -0.260 e. The van der Waals surface area contributed by atoms with E-state index in [1.807, 2.05) is 6.20 Å². The summed E-state index contributed by atoms with van der Waals surface area (Å²) in [5, 5.41) is 2.56. The molecule has 0 saturated heterocycles. The van der Waals surface area contributed by atoms with Crippen molar-refractivity contribution in [1.29, 1.82) is 0 Å². The first-order valence-electron chi connectivity index (χ1n) is 4.47. The highest BCUT2D eigenvalue weighted by Gasteiger charge is 2.17. The first kappa shape index (κ1) is 6.84. The summed E-state index contributed by atoms with van der Waals surface area (Å²) in [6.07, 6.45) is 6.24. The standard InChI is InChI=1S/C12H9N/c1-2-4-11-9(3-1)7-8-13-12(11)10-5-6-10/h1-8,10H. The molecule has 13 heavy (non-hydrogen) atoms. The van der Waals surface area contributed by atoms with Gasteiger partial charge in [0.1, 0.15) is 0 Å². The van der Waals surface area contributed by atoms with Gasteiger partial charge < -0.3 is 0 Å². The molecule has 1 aromatic carbocycles. The lowest BCUT2D eigenvalue weighted by Gasteiger charge is -2.02. The smallest absolute Gasteiger partial charge is 0.0588 e. The van der Waals surface area contributed by atoms with Crippen LogP contribution in [0.2, 0.25) is 0 Å². The molecule has 1 nitrogen and oxygen atoms in total. The SMILES string of the molecule is C1=CC1c1nccc2ccccc12. The second kappa shape index (κ2) is 2.43. The Balaban J connectivity index is 2.33. The normalized spacial score (nSPS) is 15.1. The van der Waals surface area contributed by atoms with E-state index >= 15 is 0 Å². The molecule has 62 valence electrons. The van der Waals surface area contributed by atoms with Gasteiger partial charge in [0.05, 0.1) is 5.69 Å². The van der Waals surface area contributed by atoms with Crippen LogP contribution in [-0.2, 0) is 0 Å². The Morgan fingerprint density at radius 3 is 2.69 bits per heavy atom. The van der Waals surface area contributed by atoms with Crippen LogP contribution in [0.25, 0.3) is 10.8 Å². The fourth-order valence-corrected chi connectivity index (χ4v) is 1.65. The summed E-state index contributed by atoms with van der Waals surface area (Å²) in [6, 6.07) is 10.4. The van der Waals surface area contributed by atoms with E-state index in [4.69, 9.17) is 0 Å². The summed E-state index contributed by atoms with van der Waals surface area (Å²) in [6.45, 7) is 0. The van der Waals surface area contributed by atoms with Gasteiger partial charge in [-0.3, -0.25) is 4.98 Å². The van der Waals surface area contributed by atoms with Gasteiger partial charge in [-0.2, -0.15) is 0 Å². The predicted octanol–water partition coefficient (Wildman–Crippen LogP) is 2.89. The molecule has 1 heteroatoms. The van der Waals surface area contributed by atoms with E-state index in [-0.39, 0.29) is 0 Å². The highest BCUT2D eigenvalue weighted by molar-refractivity contribution is 5.85. The van der Waals surface area contributed by atoms with Crippen molar-refractivity contribution in [2.24, 2.45) is 0 Å². The summed E-state index contributed by atoms with van der Waals surface area (Å²) >= 11 is 0. The van der Waals surface area contributed by atoms with Gasteiger partial charge >= 0.3 is 0 Å². The second-order valence-corrected chi connectivity index (χ2v) is 3.33. The van der Waals surface area contributed by atoms with E-state index in [9.17, 15) is 0 Å². The lowest BCUT2D eigenvalue weighted by Crippen LogP contribution is -1.88. The first-order chi connectivity index (χ1) is 6.45. The van der Waals surface area contributed by atoms with E-state index in [2.05, 4.69) is 47.5 Å². The maximum atomic E-state index is 4.41. The number of pyridine rings is 1. The summed E-state index contributed by atoms with van der Waals surface area (Å²) < 4.78 is 0. The number of aromatic nitrogens is 1. The van der Waals surface area contributed by atoms with Crippen molar-refractivity contribution in [1.82, 2.24) is 4.98 Å². The minimum atomic E-state index is 0.492. The summed E-state index contributed by atoms with van der Waals surface area (Å²) in [7, 11) is 0. The number of hydrogen-bond acceptors (Lipinski definition) is 1. The van der Waals surface area contributed by atoms with Gasteiger partial charge in [0, 0.05) is 17.5 Å². The van der Waals surface area contributed by atoms with Crippen molar-refractivity contribution < 1.29 is 0 Å². The third kappa shape index (κ3) is 1.04. The van der Waals surface area contributed by atoms with Crippen LogP contribution in [0.5, 0.6) is 0 Å². The lowest BCUT2D eigenvalue weighted by atomic mass is 10.1. The fraction of sp³-hybridized carbons (Fsp3) is 0.0833. The lowest BCUT2D eigenvalue weighted by molar-refractivity contribution is 1.11. The third-order valence-corrected chi connectivity index (χ3v) is 2.41. The number of allylic oxidation sites excluding steroid dienone is 2. The quantitative estimate of drug-likeness (QED) is 0.595. The highest BCUT2D eigenvalue weighted by atomic mass is 14.7. The van der Waals surface area contributed by atoms with Gasteiger partial charge in [0.2, 0.25) is 0 Å². The van der Waals surface area contributed by atoms with Gasteiger partial charge in [-0.15, -0.1) is 0 Å². The van der Waals surface area contributed by atoms with E-state index < -0.39 is 0 Å². The molecular formula is C12H9N. The molecular weight excluding hydrogens is 158 g/mol. The molecule has 1 aromatic heterocycles. The molecule has 1 heterocycles. The Labute approximate surface area is 76.7 Å². The fourth-order valence-electron chi connectivity index (χ4n) is 1.65. The molecule has 0 radical (unpaired) electrons. The maximum Gasteiger partial charge on any atom is 0.0588 e. The van der Waals surface area contributed by atoms with Crippen LogP contribution in [0, 0.1) is 0 Å². The molecule has 0 unspecified atom stereocenters. The van der Waals surface area contributed by atoms with Crippen molar-refractivity contribution in [3.63, 3.8) is 0 Å². The number of fused-ring (bicyclic) bond motifs is 1. The minimum absolute atomic E-state index is 0.492. The van der Waals surface area contributed by atoms with Crippen LogP contribution in [0.3, 0.4) is 0 Å². The van der Waals surface area contributed by atoms with Crippen molar-refractivity contribution >= 4 is 10.8 Å². The van der Waals surface area contributed by atoms with Crippen LogP contribution in [0.15, 0.2) is 48.7 Å². The molecule has 1 aliphatic rings. The van der Waals surface area contributed by atoms with Crippen LogP contribution < -0.4 is 0 Å². The Hall–Kier alpha value is -1.63. The summed E-state index contributed by atoms with van der Waals surface area (Å²) in [5.74, 6) is 0.492. The van der Waals surface area contributed by atoms with Gasteiger partial charge in [-0.25, -0.2) is 0 Å². The number of nitrogens with zero attached hydrogens (tertiary/aromatic N) is 1. The Kier molecular flexibility index (Phi) is 1.28. The Morgan fingerprint density at radius 2 is 1.85 bits per heavy atom. The largest absolute Gasteiger partial charge is 0.260 e. The van der Waals surface area contributed by atoms with Crippen LogP contribution in [0.4, 0.5) is 0 Å². The molecule has 2 aromatic rings. The van der Waals surface area contributed by atoms with Crippen molar-refractivity contribution in [2.75, 3.05) is 0 Å². The van der Waals surface area contributed by atoms with Crippen molar-refractivity contribution in [2.45, 2.75) is 5.92 Å². The zero-order valence-electron chi connectivity index (χ0n) is 7.14. The first-order valence-corrected chi connectivity index (χ1v) is 4.47. The van der Waals surface area contributed by atoms with Gasteiger partial charge in [0.25, 0.3) is 0 Å². The summed E-state index contributed by atoms with van der Waals surface area (Å²) in [4.78, 5) is 4.41. The molecule has 0 saturated carbocycles. The van der Waals surface area contributed by atoms with Crippen LogP contribution >= 0.6 is 0 Å². The number of rotatable bonds is 1. The van der Waals surface area contributed by atoms with E-state index in [1.54, 1.807) is 0 Å². The van der Waals surface area contributed by atoms with Crippen LogP contribution in [0.1, 0.15) is 11.6 Å². The topological polar surface area (TPSA) is 12.9 Å².